The molecule has 0 amide bonds. The van der Waals surface area contributed by atoms with Gasteiger partial charge in [-0.25, -0.2) is 0 Å². The molecule has 1 aliphatic rings. The molecule has 0 saturated carbocycles. The molecule has 0 heterocycles. The number of benzene rings is 17. The van der Waals surface area contributed by atoms with E-state index in [0.29, 0.717) is 0 Å². The maximum absolute atomic E-state index is 2.47. The van der Waals surface area contributed by atoms with Gasteiger partial charge in [0.15, 0.2) is 0 Å². The lowest BCUT2D eigenvalue weighted by atomic mass is 9.80. The van der Waals surface area contributed by atoms with E-state index in [4.69, 9.17) is 0 Å². The van der Waals surface area contributed by atoms with Crippen LogP contribution in [0.3, 0.4) is 0 Å². The molecule has 0 heteroatoms. The number of hydrogen-bond donors (Lipinski definition) is 0. The van der Waals surface area contributed by atoms with E-state index in [1.54, 1.807) is 0 Å². The van der Waals surface area contributed by atoms with Crippen molar-refractivity contribution < 1.29 is 0 Å². The average Bonchev–Trinajstić information content (AvgIpc) is 3.15. The Morgan fingerprint density at radius 2 is 0.518 bits per heavy atom. The van der Waals surface area contributed by atoms with Gasteiger partial charge in [-0.3, -0.25) is 0 Å². The molecule has 0 saturated heterocycles. The minimum absolute atomic E-state index is 0.0748. The van der Waals surface area contributed by atoms with Gasteiger partial charge in [-0.15, -0.1) is 0 Å². The predicted molar refractivity (Wildman–Crippen MR) is 366 cm³/mol. The van der Waals surface area contributed by atoms with Gasteiger partial charge in [0.1, 0.15) is 0 Å². The summed E-state index contributed by atoms with van der Waals surface area (Å²) in [6, 6.07) is 112. The molecular formula is C85H56. The van der Waals surface area contributed by atoms with Crippen molar-refractivity contribution in [2.45, 2.75) is 19.3 Å². The van der Waals surface area contributed by atoms with Crippen LogP contribution in [-0.4, -0.2) is 0 Å². The summed E-state index contributed by atoms with van der Waals surface area (Å²) in [5.74, 6) is 0. The Morgan fingerprint density at radius 1 is 0.188 bits per heavy atom. The highest BCUT2D eigenvalue weighted by Crippen LogP contribution is 2.52. The fraction of sp³-hybridized carbons (Fsp3) is 0.0353. The zero-order chi connectivity index (χ0) is 56.3. The predicted octanol–water partition coefficient (Wildman–Crippen LogP) is 23.8. The van der Waals surface area contributed by atoms with Crippen LogP contribution in [0.4, 0.5) is 0 Å². The van der Waals surface area contributed by atoms with Gasteiger partial charge in [0.05, 0.1) is 0 Å². The number of fused-ring (bicyclic) bond motifs is 10. The molecule has 0 radical (unpaired) electrons. The molecular weight excluding hydrogens is 1020 g/mol. The van der Waals surface area contributed by atoms with Crippen LogP contribution in [0.15, 0.2) is 303 Å². The summed E-state index contributed by atoms with van der Waals surface area (Å²) in [6.07, 6.45) is 0. The summed E-state index contributed by atoms with van der Waals surface area (Å²) in [6.45, 7) is 4.74. The van der Waals surface area contributed by atoms with Crippen molar-refractivity contribution in [3.63, 3.8) is 0 Å². The lowest BCUT2D eigenvalue weighted by molar-refractivity contribution is 0.660. The third-order valence-corrected chi connectivity index (χ3v) is 18.8. The third-order valence-electron chi connectivity index (χ3n) is 18.8. The van der Waals surface area contributed by atoms with E-state index in [0.717, 1.165) is 0 Å². The van der Waals surface area contributed by atoms with E-state index in [1.807, 2.05) is 0 Å². The summed E-state index contributed by atoms with van der Waals surface area (Å²) in [5, 5.41) is 23.5. The molecule has 0 unspecified atom stereocenters. The maximum Gasteiger partial charge on any atom is 0.0159 e. The quantitative estimate of drug-likeness (QED) is 0.119. The lowest BCUT2D eigenvalue weighted by Gasteiger charge is -2.23. The molecule has 1 aliphatic carbocycles. The molecule has 0 aliphatic heterocycles. The highest BCUT2D eigenvalue weighted by Gasteiger charge is 2.35. The third kappa shape index (κ3) is 7.55. The second kappa shape index (κ2) is 19.2. The molecule has 396 valence electrons. The molecule has 17 aromatic carbocycles. The monoisotopic (exact) mass is 1080 g/mol. The van der Waals surface area contributed by atoms with E-state index in [2.05, 4.69) is 317 Å². The molecule has 85 heavy (non-hydrogen) atoms. The Morgan fingerprint density at radius 3 is 1.00 bits per heavy atom. The minimum atomic E-state index is -0.0748. The van der Waals surface area contributed by atoms with E-state index in [1.165, 1.54) is 175 Å². The Labute approximate surface area is 494 Å². The normalized spacial score (nSPS) is 12.7. The summed E-state index contributed by atoms with van der Waals surface area (Å²) in [7, 11) is 0. The second-order valence-corrected chi connectivity index (χ2v) is 23.7. The van der Waals surface area contributed by atoms with Crippen molar-refractivity contribution in [2.24, 2.45) is 0 Å². The Kier molecular flexibility index (Phi) is 11.1. The molecule has 17 aromatic rings. The summed E-state index contributed by atoms with van der Waals surface area (Å²) in [4.78, 5) is 0. The summed E-state index contributed by atoms with van der Waals surface area (Å²) in [5.41, 5.74) is 17.9. The Bertz CT molecular complexity index is 5280. The minimum Gasteiger partial charge on any atom is -0.0619 e. The smallest absolute Gasteiger partial charge is 0.0159 e. The van der Waals surface area contributed by atoms with Crippen molar-refractivity contribution in [3.05, 3.63) is 314 Å². The van der Waals surface area contributed by atoms with Gasteiger partial charge < -0.3 is 0 Å². The van der Waals surface area contributed by atoms with Crippen molar-refractivity contribution in [1.29, 1.82) is 0 Å². The molecule has 0 fully saturated rings. The first kappa shape index (κ1) is 49.0. The van der Waals surface area contributed by atoms with E-state index >= 15 is 0 Å². The van der Waals surface area contributed by atoms with Gasteiger partial charge in [0.2, 0.25) is 0 Å². The molecule has 0 spiro atoms. The highest BCUT2D eigenvalue weighted by atomic mass is 14.4. The van der Waals surface area contributed by atoms with Crippen molar-refractivity contribution in [3.8, 4) is 66.8 Å². The van der Waals surface area contributed by atoms with Crippen molar-refractivity contribution >= 4 is 97.0 Å². The maximum atomic E-state index is 2.47. The van der Waals surface area contributed by atoms with E-state index in [9.17, 15) is 0 Å². The standard InChI is InChI=1S/C65H44.C20H12/c1-65(2)59-30-16-15-20-48(59)49-38-37-46(40-60(49)65)63-53-24-9-7-22-51(53)61(52-23-8-10-25-54(52)63)42-32-34-43(35-33-42)62-55-26-11-13-28-57(55)64(58-29-14-12-27-56(58)62)50-21-6-5-19-47(50)45-36-31-41-17-3-4-18-44(41)39-45;1-5-13-6-2-11-17-18-12-4-8-14-7-3-10-16(20(14)18)15(9-1)19(13)17/h3-40H,1-2H3;1-12H. The van der Waals surface area contributed by atoms with E-state index < -0.39 is 0 Å². The largest absolute Gasteiger partial charge is 0.0619 e. The van der Waals surface area contributed by atoms with Gasteiger partial charge in [-0.1, -0.05) is 305 Å². The topological polar surface area (TPSA) is 0 Å². The SMILES string of the molecule is CC1(C)c2ccccc2-c2ccc(-c3c4ccccc4c(-c4ccc(-c5c6ccccc6c(-c6ccccc6-c6ccc7ccccc7c6)c6ccccc56)cc4)c4ccccc34)cc21.c1cc2cccc3c4cccc5cccc(c(c1)c23)c54. The van der Waals surface area contributed by atoms with E-state index in [-0.39, 0.29) is 5.41 Å². The van der Waals surface area contributed by atoms with Gasteiger partial charge in [-0.2, -0.15) is 0 Å². The fourth-order valence-electron chi connectivity index (χ4n) is 15.0. The zero-order valence-electron chi connectivity index (χ0n) is 47.4. The Hall–Kier alpha value is -10.7. The molecule has 0 atom stereocenters. The molecule has 0 aromatic heterocycles. The molecule has 0 N–H and O–H groups in total. The van der Waals surface area contributed by atoms with Crippen LogP contribution in [-0.2, 0) is 5.41 Å². The van der Waals surface area contributed by atoms with Gasteiger partial charge >= 0.3 is 0 Å². The van der Waals surface area contributed by atoms with Crippen LogP contribution in [0.5, 0.6) is 0 Å². The van der Waals surface area contributed by atoms with Gasteiger partial charge in [-0.05, 0) is 187 Å². The number of rotatable bonds is 5. The van der Waals surface area contributed by atoms with Crippen LogP contribution in [0.2, 0.25) is 0 Å². The van der Waals surface area contributed by atoms with Crippen LogP contribution in [0, 0.1) is 0 Å². The lowest BCUT2D eigenvalue weighted by Crippen LogP contribution is -2.14. The summed E-state index contributed by atoms with van der Waals surface area (Å²) >= 11 is 0. The first-order valence-electron chi connectivity index (χ1n) is 29.8. The van der Waals surface area contributed by atoms with Crippen LogP contribution < -0.4 is 0 Å². The molecule has 18 rings (SSSR count). The van der Waals surface area contributed by atoms with Crippen LogP contribution in [0.1, 0.15) is 25.0 Å². The highest BCUT2D eigenvalue weighted by molar-refractivity contribution is 6.33. The van der Waals surface area contributed by atoms with Crippen molar-refractivity contribution in [2.75, 3.05) is 0 Å². The number of hydrogen-bond acceptors (Lipinski definition) is 0. The molecule has 0 nitrogen and oxygen atoms in total. The summed E-state index contributed by atoms with van der Waals surface area (Å²) < 4.78 is 0. The van der Waals surface area contributed by atoms with Crippen LogP contribution in [0.25, 0.3) is 164 Å². The Balaban J connectivity index is 0.000000237. The first-order chi connectivity index (χ1) is 42.0. The first-order valence-corrected chi connectivity index (χ1v) is 29.8. The van der Waals surface area contributed by atoms with Crippen LogP contribution >= 0.6 is 0 Å². The molecule has 0 bridgehead atoms. The van der Waals surface area contributed by atoms with Crippen molar-refractivity contribution in [1.82, 2.24) is 0 Å². The second-order valence-electron chi connectivity index (χ2n) is 23.7. The fourth-order valence-corrected chi connectivity index (χ4v) is 15.0. The van der Waals surface area contributed by atoms with Gasteiger partial charge in [0, 0.05) is 5.41 Å². The zero-order valence-corrected chi connectivity index (χ0v) is 47.4. The van der Waals surface area contributed by atoms with Gasteiger partial charge in [0.25, 0.3) is 0 Å². The average molecular weight is 1080 g/mol.